The van der Waals surface area contributed by atoms with Crippen LogP contribution in [0.1, 0.15) is 23.7 Å². The van der Waals surface area contributed by atoms with Crippen LogP contribution in [0.25, 0.3) is 0 Å². The maximum Gasteiger partial charge on any atom is 0.257 e. The van der Waals surface area contributed by atoms with Gasteiger partial charge in [-0.05, 0) is 30.5 Å². The highest BCUT2D eigenvalue weighted by molar-refractivity contribution is 5.97. The van der Waals surface area contributed by atoms with E-state index in [4.69, 9.17) is 4.74 Å². The Morgan fingerprint density at radius 2 is 2.29 bits per heavy atom. The average Bonchev–Trinajstić information content (AvgIpc) is 2.76. The average molecular weight is 235 g/mol. The summed E-state index contributed by atoms with van der Waals surface area (Å²) in [6.45, 7) is 3.64. The first-order chi connectivity index (χ1) is 8.11. The van der Waals surface area contributed by atoms with E-state index in [1.165, 1.54) is 6.07 Å². The summed E-state index contributed by atoms with van der Waals surface area (Å²) < 4.78 is 5.06. The Balaban J connectivity index is 2.24. The molecule has 0 radical (unpaired) electrons. The van der Waals surface area contributed by atoms with Crippen molar-refractivity contribution in [2.75, 3.05) is 20.2 Å². The molecule has 1 amide bonds. The predicted molar refractivity (Wildman–Crippen MR) is 64.3 cm³/mol. The monoisotopic (exact) mass is 235 g/mol. The van der Waals surface area contributed by atoms with Crippen molar-refractivity contribution in [1.82, 2.24) is 4.90 Å². The molecule has 1 aliphatic rings. The second kappa shape index (κ2) is 4.65. The molecular weight excluding hydrogens is 218 g/mol. The summed E-state index contributed by atoms with van der Waals surface area (Å²) in [6, 6.07) is 4.71. The standard InChI is InChI=1S/C13H17NO3/c1-9-5-6-14(8-9)13(16)11-7-10(17-2)3-4-12(11)15/h3-4,7,9,15H,5-6,8H2,1-2H3. The highest BCUT2D eigenvalue weighted by Crippen LogP contribution is 2.26. The topological polar surface area (TPSA) is 49.8 Å². The molecule has 4 nitrogen and oxygen atoms in total. The van der Waals surface area contributed by atoms with Crippen LogP contribution in [0.15, 0.2) is 18.2 Å². The van der Waals surface area contributed by atoms with Crippen LogP contribution in [-0.2, 0) is 0 Å². The van der Waals surface area contributed by atoms with Crippen molar-refractivity contribution < 1.29 is 14.6 Å². The third-order valence-corrected chi connectivity index (χ3v) is 3.15. The van der Waals surface area contributed by atoms with Gasteiger partial charge in [0.15, 0.2) is 0 Å². The zero-order valence-corrected chi connectivity index (χ0v) is 10.1. The number of methoxy groups -OCH3 is 1. The largest absolute Gasteiger partial charge is 0.507 e. The van der Waals surface area contributed by atoms with Crippen LogP contribution >= 0.6 is 0 Å². The molecule has 0 aromatic heterocycles. The number of hydrogen-bond donors (Lipinski definition) is 1. The molecule has 1 saturated heterocycles. The second-order valence-electron chi connectivity index (χ2n) is 4.53. The minimum absolute atomic E-state index is 0.00959. The number of phenols is 1. The lowest BCUT2D eigenvalue weighted by Crippen LogP contribution is -2.28. The Hall–Kier alpha value is -1.71. The molecule has 0 spiro atoms. The Labute approximate surface area is 101 Å². The molecule has 1 aliphatic heterocycles. The van der Waals surface area contributed by atoms with Crippen LogP contribution in [0, 0.1) is 5.92 Å². The van der Waals surface area contributed by atoms with Crippen LogP contribution in [0.5, 0.6) is 11.5 Å². The molecule has 2 rings (SSSR count). The van der Waals surface area contributed by atoms with Crippen LogP contribution in [0.3, 0.4) is 0 Å². The summed E-state index contributed by atoms with van der Waals surface area (Å²) in [5.74, 6) is 1.01. The molecular formula is C13H17NO3. The van der Waals surface area contributed by atoms with Gasteiger partial charge in [0.1, 0.15) is 11.5 Å². The number of hydrogen-bond acceptors (Lipinski definition) is 3. The van der Waals surface area contributed by atoms with Gasteiger partial charge in [0.2, 0.25) is 0 Å². The molecule has 1 fully saturated rings. The van der Waals surface area contributed by atoms with Crippen molar-refractivity contribution >= 4 is 5.91 Å². The molecule has 0 saturated carbocycles. The van der Waals surface area contributed by atoms with E-state index in [0.717, 1.165) is 19.5 Å². The highest BCUT2D eigenvalue weighted by Gasteiger charge is 2.26. The SMILES string of the molecule is COc1ccc(O)c(C(=O)N2CCC(C)C2)c1. The number of carbonyl (C=O) groups excluding carboxylic acids is 1. The number of benzene rings is 1. The van der Waals surface area contributed by atoms with Gasteiger partial charge in [-0.15, -0.1) is 0 Å². The Morgan fingerprint density at radius 1 is 1.53 bits per heavy atom. The third kappa shape index (κ3) is 2.35. The Kier molecular flexibility index (Phi) is 3.22. The smallest absolute Gasteiger partial charge is 0.257 e. The lowest BCUT2D eigenvalue weighted by atomic mass is 10.1. The number of carbonyl (C=O) groups is 1. The van der Waals surface area contributed by atoms with Crippen LogP contribution in [0.4, 0.5) is 0 Å². The van der Waals surface area contributed by atoms with Gasteiger partial charge in [-0.3, -0.25) is 4.79 Å². The summed E-state index contributed by atoms with van der Waals surface area (Å²) in [6.07, 6.45) is 1.02. The van der Waals surface area contributed by atoms with E-state index in [1.54, 1.807) is 24.1 Å². The van der Waals surface area contributed by atoms with Crippen LogP contribution < -0.4 is 4.74 Å². The molecule has 4 heteroatoms. The van der Waals surface area contributed by atoms with Crippen molar-refractivity contribution in [3.63, 3.8) is 0 Å². The van der Waals surface area contributed by atoms with Gasteiger partial charge in [-0.25, -0.2) is 0 Å². The molecule has 1 aromatic carbocycles. The summed E-state index contributed by atoms with van der Waals surface area (Å²) >= 11 is 0. The minimum Gasteiger partial charge on any atom is -0.507 e. The van der Waals surface area contributed by atoms with E-state index in [0.29, 0.717) is 17.2 Å². The van der Waals surface area contributed by atoms with Gasteiger partial charge in [0, 0.05) is 13.1 Å². The second-order valence-corrected chi connectivity index (χ2v) is 4.53. The van der Waals surface area contributed by atoms with Gasteiger partial charge in [-0.2, -0.15) is 0 Å². The molecule has 92 valence electrons. The van der Waals surface area contributed by atoms with Gasteiger partial charge < -0.3 is 14.7 Å². The first-order valence-corrected chi connectivity index (χ1v) is 5.78. The molecule has 1 heterocycles. The maximum atomic E-state index is 12.2. The molecule has 17 heavy (non-hydrogen) atoms. The van der Waals surface area contributed by atoms with Crippen molar-refractivity contribution in [1.29, 1.82) is 0 Å². The zero-order valence-electron chi connectivity index (χ0n) is 10.1. The lowest BCUT2D eigenvalue weighted by Gasteiger charge is -2.17. The number of nitrogens with zero attached hydrogens (tertiary/aromatic N) is 1. The van der Waals surface area contributed by atoms with E-state index < -0.39 is 0 Å². The lowest BCUT2D eigenvalue weighted by molar-refractivity contribution is 0.0784. The quantitative estimate of drug-likeness (QED) is 0.851. The first-order valence-electron chi connectivity index (χ1n) is 5.78. The molecule has 1 atom stereocenters. The van der Waals surface area contributed by atoms with Crippen LogP contribution in [-0.4, -0.2) is 36.1 Å². The van der Waals surface area contributed by atoms with E-state index >= 15 is 0 Å². The van der Waals surface area contributed by atoms with E-state index in [9.17, 15) is 9.90 Å². The highest BCUT2D eigenvalue weighted by atomic mass is 16.5. The normalized spacial score (nSPS) is 19.4. The van der Waals surface area contributed by atoms with E-state index in [-0.39, 0.29) is 11.7 Å². The number of ether oxygens (including phenoxy) is 1. The Bertz CT molecular complexity index is 431. The number of aromatic hydroxyl groups is 1. The predicted octanol–water partition coefficient (Wildman–Crippen LogP) is 1.88. The molecule has 0 aliphatic carbocycles. The van der Waals surface area contributed by atoms with Crippen molar-refractivity contribution in [2.45, 2.75) is 13.3 Å². The number of phenolic OH excluding ortho intramolecular Hbond substituents is 1. The first kappa shape index (κ1) is 11.8. The fourth-order valence-electron chi connectivity index (χ4n) is 2.10. The molecule has 1 unspecified atom stereocenters. The molecule has 1 aromatic rings. The Morgan fingerprint density at radius 3 is 2.88 bits per heavy atom. The third-order valence-electron chi connectivity index (χ3n) is 3.15. The van der Waals surface area contributed by atoms with Crippen molar-refractivity contribution in [3.8, 4) is 11.5 Å². The van der Waals surface area contributed by atoms with Crippen molar-refractivity contribution in [2.24, 2.45) is 5.92 Å². The van der Waals surface area contributed by atoms with Gasteiger partial charge in [-0.1, -0.05) is 6.92 Å². The summed E-state index contributed by atoms with van der Waals surface area (Å²) in [7, 11) is 1.54. The number of amides is 1. The molecule has 1 N–H and O–H groups in total. The van der Waals surface area contributed by atoms with Crippen molar-refractivity contribution in [3.05, 3.63) is 23.8 Å². The summed E-state index contributed by atoms with van der Waals surface area (Å²) in [4.78, 5) is 14.0. The number of likely N-dealkylation sites (tertiary alicyclic amines) is 1. The zero-order chi connectivity index (χ0) is 12.4. The summed E-state index contributed by atoms with van der Waals surface area (Å²) in [5.41, 5.74) is 0.318. The van der Waals surface area contributed by atoms with Gasteiger partial charge >= 0.3 is 0 Å². The molecule has 0 bridgehead atoms. The minimum atomic E-state index is -0.120. The fraction of sp³-hybridized carbons (Fsp3) is 0.462. The fourth-order valence-corrected chi connectivity index (χ4v) is 2.10. The van der Waals surface area contributed by atoms with E-state index in [1.807, 2.05) is 0 Å². The maximum absolute atomic E-state index is 12.2. The van der Waals surface area contributed by atoms with Gasteiger partial charge in [0.25, 0.3) is 5.91 Å². The van der Waals surface area contributed by atoms with Crippen LogP contribution in [0.2, 0.25) is 0 Å². The van der Waals surface area contributed by atoms with Gasteiger partial charge in [0.05, 0.1) is 12.7 Å². The summed E-state index contributed by atoms with van der Waals surface area (Å²) in [5, 5.41) is 9.72. The van der Waals surface area contributed by atoms with E-state index in [2.05, 4.69) is 6.92 Å². The number of rotatable bonds is 2.